The van der Waals surface area contributed by atoms with Gasteiger partial charge in [-0.05, 0) is 30.3 Å². The molecule has 1 aromatic carbocycles. The molecule has 0 atom stereocenters. The second kappa shape index (κ2) is 5.45. The van der Waals surface area contributed by atoms with Crippen molar-refractivity contribution in [3.63, 3.8) is 0 Å². The average Bonchev–Trinajstić information content (AvgIpc) is 2.39. The standard InChI is InChI=1S/C13H11N3O2S/c14-12(19)8-4-6-9(7-5-8)15-13(18)10-2-1-3-11(17)16-10/h1-7H,(H2,14,19)(H,15,18)(H,16,17). The van der Waals surface area contributed by atoms with Crippen LogP contribution < -0.4 is 16.6 Å². The van der Waals surface area contributed by atoms with Gasteiger partial charge in [-0.1, -0.05) is 18.3 Å². The molecule has 1 amide bonds. The molecular weight excluding hydrogens is 262 g/mol. The van der Waals surface area contributed by atoms with E-state index in [-0.39, 0.29) is 17.2 Å². The van der Waals surface area contributed by atoms with E-state index in [4.69, 9.17) is 18.0 Å². The van der Waals surface area contributed by atoms with Crippen LogP contribution in [0.25, 0.3) is 0 Å². The number of aromatic nitrogens is 1. The van der Waals surface area contributed by atoms with Gasteiger partial charge >= 0.3 is 0 Å². The fraction of sp³-hybridized carbons (Fsp3) is 0. The number of nitrogens with one attached hydrogen (secondary N) is 2. The third-order valence-electron chi connectivity index (χ3n) is 2.44. The molecule has 5 nitrogen and oxygen atoms in total. The number of hydrogen-bond donors (Lipinski definition) is 3. The summed E-state index contributed by atoms with van der Waals surface area (Å²) in [6.07, 6.45) is 0. The number of carbonyl (C=O) groups excluding carboxylic acids is 1. The number of amides is 1. The molecule has 4 N–H and O–H groups in total. The van der Waals surface area contributed by atoms with Gasteiger partial charge in [-0.15, -0.1) is 0 Å². The summed E-state index contributed by atoms with van der Waals surface area (Å²) in [6, 6.07) is 11.2. The van der Waals surface area contributed by atoms with Crippen LogP contribution in [0.3, 0.4) is 0 Å². The van der Waals surface area contributed by atoms with Gasteiger partial charge < -0.3 is 16.0 Å². The van der Waals surface area contributed by atoms with Crippen molar-refractivity contribution in [3.05, 3.63) is 64.1 Å². The number of pyridine rings is 1. The highest BCUT2D eigenvalue weighted by Crippen LogP contribution is 2.10. The molecule has 0 aliphatic carbocycles. The molecular formula is C13H11N3O2S. The zero-order valence-corrected chi connectivity index (χ0v) is 10.7. The Kier molecular flexibility index (Phi) is 3.72. The topological polar surface area (TPSA) is 88.0 Å². The summed E-state index contributed by atoms with van der Waals surface area (Å²) in [7, 11) is 0. The van der Waals surface area contributed by atoms with Crippen LogP contribution in [0.5, 0.6) is 0 Å². The monoisotopic (exact) mass is 273 g/mol. The van der Waals surface area contributed by atoms with Gasteiger partial charge in [0.2, 0.25) is 5.56 Å². The molecule has 2 rings (SSSR count). The largest absolute Gasteiger partial charge is 0.389 e. The number of hydrogen-bond acceptors (Lipinski definition) is 3. The summed E-state index contributed by atoms with van der Waals surface area (Å²) in [4.78, 5) is 25.7. The lowest BCUT2D eigenvalue weighted by Crippen LogP contribution is -2.18. The van der Waals surface area contributed by atoms with Crippen molar-refractivity contribution in [2.75, 3.05) is 5.32 Å². The van der Waals surface area contributed by atoms with Gasteiger partial charge in [0.15, 0.2) is 0 Å². The summed E-state index contributed by atoms with van der Waals surface area (Å²) in [5.41, 5.74) is 6.67. The molecule has 0 spiro atoms. The van der Waals surface area contributed by atoms with Gasteiger partial charge in [-0.25, -0.2) is 0 Å². The van der Waals surface area contributed by atoms with E-state index in [0.29, 0.717) is 10.7 Å². The maximum atomic E-state index is 11.9. The number of benzene rings is 1. The van der Waals surface area contributed by atoms with Crippen LogP contribution >= 0.6 is 12.2 Å². The first kappa shape index (κ1) is 13.0. The lowest BCUT2D eigenvalue weighted by molar-refractivity contribution is 0.102. The zero-order chi connectivity index (χ0) is 13.8. The molecule has 0 saturated carbocycles. The molecule has 1 aromatic heterocycles. The summed E-state index contributed by atoms with van der Waals surface area (Å²) >= 11 is 4.83. The number of H-pyrrole nitrogens is 1. The molecule has 1 heterocycles. The Morgan fingerprint density at radius 2 is 1.84 bits per heavy atom. The van der Waals surface area contributed by atoms with Crippen LogP contribution in [0.1, 0.15) is 16.1 Å². The van der Waals surface area contributed by atoms with E-state index >= 15 is 0 Å². The highest BCUT2D eigenvalue weighted by molar-refractivity contribution is 7.80. The fourth-order valence-electron chi connectivity index (χ4n) is 1.50. The molecule has 0 aliphatic heterocycles. The Morgan fingerprint density at radius 3 is 2.42 bits per heavy atom. The Morgan fingerprint density at radius 1 is 1.16 bits per heavy atom. The van der Waals surface area contributed by atoms with Gasteiger partial charge in [-0.2, -0.15) is 0 Å². The lowest BCUT2D eigenvalue weighted by atomic mass is 10.2. The van der Waals surface area contributed by atoms with Gasteiger partial charge in [0.05, 0.1) is 0 Å². The highest BCUT2D eigenvalue weighted by Gasteiger charge is 2.06. The highest BCUT2D eigenvalue weighted by atomic mass is 32.1. The quantitative estimate of drug-likeness (QED) is 0.735. The third kappa shape index (κ3) is 3.26. The first-order valence-corrected chi connectivity index (χ1v) is 5.87. The predicted octanol–water partition coefficient (Wildman–Crippen LogP) is 1.26. The van der Waals surface area contributed by atoms with Crippen molar-refractivity contribution >= 4 is 28.8 Å². The summed E-state index contributed by atoms with van der Waals surface area (Å²) < 4.78 is 0. The molecule has 0 radical (unpaired) electrons. The van der Waals surface area contributed by atoms with Crippen molar-refractivity contribution in [2.45, 2.75) is 0 Å². The summed E-state index contributed by atoms with van der Waals surface area (Å²) in [5.74, 6) is -0.388. The van der Waals surface area contributed by atoms with Crippen molar-refractivity contribution in [1.29, 1.82) is 0 Å². The van der Waals surface area contributed by atoms with Gasteiger partial charge in [-0.3, -0.25) is 9.59 Å². The second-order valence-corrected chi connectivity index (χ2v) is 4.26. The summed E-state index contributed by atoms with van der Waals surface area (Å²) in [5, 5.41) is 2.66. The van der Waals surface area contributed by atoms with E-state index in [1.165, 1.54) is 18.2 Å². The van der Waals surface area contributed by atoms with Crippen LogP contribution in [0, 0.1) is 0 Å². The minimum Gasteiger partial charge on any atom is -0.389 e. The molecule has 0 unspecified atom stereocenters. The van der Waals surface area contributed by atoms with Crippen LogP contribution in [0.15, 0.2) is 47.3 Å². The van der Waals surface area contributed by atoms with Gasteiger partial charge in [0.1, 0.15) is 10.7 Å². The molecule has 0 fully saturated rings. The molecule has 2 aromatic rings. The van der Waals surface area contributed by atoms with Gasteiger partial charge in [0.25, 0.3) is 5.91 Å². The van der Waals surface area contributed by atoms with E-state index < -0.39 is 0 Å². The minimum absolute atomic E-state index is 0.200. The minimum atomic E-state index is -0.388. The molecule has 0 aliphatic rings. The maximum absolute atomic E-state index is 11.9. The van der Waals surface area contributed by atoms with E-state index in [2.05, 4.69) is 10.3 Å². The number of rotatable bonds is 3. The molecule has 19 heavy (non-hydrogen) atoms. The third-order valence-corrected chi connectivity index (χ3v) is 2.68. The van der Waals surface area contributed by atoms with Crippen molar-refractivity contribution in [2.24, 2.45) is 5.73 Å². The van der Waals surface area contributed by atoms with Crippen molar-refractivity contribution in [1.82, 2.24) is 4.98 Å². The molecule has 0 bridgehead atoms. The maximum Gasteiger partial charge on any atom is 0.272 e. The normalized spacial score (nSPS) is 9.89. The Hall–Kier alpha value is -2.47. The van der Waals surface area contributed by atoms with Crippen LogP contribution in [0.2, 0.25) is 0 Å². The molecule has 0 saturated heterocycles. The number of anilines is 1. The van der Waals surface area contributed by atoms with E-state index in [0.717, 1.165) is 5.56 Å². The second-order valence-electron chi connectivity index (χ2n) is 3.82. The zero-order valence-electron chi connectivity index (χ0n) is 9.84. The van der Waals surface area contributed by atoms with Crippen LogP contribution in [-0.2, 0) is 0 Å². The van der Waals surface area contributed by atoms with Crippen molar-refractivity contribution < 1.29 is 4.79 Å². The van der Waals surface area contributed by atoms with Crippen LogP contribution in [0.4, 0.5) is 5.69 Å². The lowest BCUT2D eigenvalue weighted by Gasteiger charge is -2.05. The van der Waals surface area contributed by atoms with Gasteiger partial charge in [0, 0.05) is 17.3 Å². The fourth-order valence-corrected chi connectivity index (χ4v) is 1.63. The number of nitrogens with two attached hydrogens (primary N) is 1. The average molecular weight is 273 g/mol. The van der Waals surface area contributed by atoms with E-state index in [9.17, 15) is 9.59 Å². The van der Waals surface area contributed by atoms with E-state index in [1.807, 2.05) is 0 Å². The Bertz CT molecular complexity index is 677. The Balaban J connectivity index is 2.15. The first-order chi connectivity index (χ1) is 9.06. The number of thiocarbonyl (C=S) groups is 1. The number of carbonyl (C=O) groups is 1. The SMILES string of the molecule is NC(=S)c1ccc(NC(=O)c2cccc(=O)[nH]2)cc1. The smallest absolute Gasteiger partial charge is 0.272 e. The summed E-state index contributed by atoms with van der Waals surface area (Å²) in [6.45, 7) is 0. The van der Waals surface area contributed by atoms with Crippen LogP contribution in [-0.4, -0.2) is 15.9 Å². The molecule has 6 heteroatoms. The Labute approximate surface area is 114 Å². The number of aromatic amines is 1. The van der Waals surface area contributed by atoms with E-state index in [1.54, 1.807) is 24.3 Å². The first-order valence-electron chi connectivity index (χ1n) is 5.47. The van der Waals surface area contributed by atoms with Crippen molar-refractivity contribution in [3.8, 4) is 0 Å². The molecule has 96 valence electrons. The predicted molar refractivity (Wildman–Crippen MR) is 77.3 cm³/mol.